The zero-order chi connectivity index (χ0) is 9.42. The zero-order valence-electron chi connectivity index (χ0n) is 7.31. The molecule has 0 spiro atoms. The molecular weight excluding hydrogens is 170 g/mol. The summed E-state index contributed by atoms with van der Waals surface area (Å²) in [4.78, 5) is 4.12. The number of rotatable bonds is 1. The fourth-order valence-electron chi connectivity index (χ4n) is 1.06. The van der Waals surface area contributed by atoms with Crippen molar-refractivity contribution < 1.29 is 0 Å². The summed E-state index contributed by atoms with van der Waals surface area (Å²) in [5.41, 5.74) is 4.51. The SMILES string of the molecule is Cc1c2nc(NN)nnc2nn1C. The minimum absolute atomic E-state index is 0.295. The Hall–Kier alpha value is -1.76. The van der Waals surface area contributed by atoms with E-state index in [0.29, 0.717) is 17.1 Å². The molecule has 0 amide bonds. The van der Waals surface area contributed by atoms with Gasteiger partial charge in [0, 0.05) is 7.05 Å². The molecule has 68 valence electrons. The number of aryl methyl sites for hydroxylation is 2. The number of aromatic nitrogens is 5. The van der Waals surface area contributed by atoms with Crippen molar-refractivity contribution in [3.05, 3.63) is 5.69 Å². The molecule has 7 heteroatoms. The monoisotopic (exact) mass is 179 g/mol. The maximum absolute atomic E-state index is 5.16. The molecule has 13 heavy (non-hydrogen) atoms. The van der Waals surface area contributed by atoms with Crippen LogP contribution in [-0.2, 0) is 7.05 Å². The Morgan fingerprint density at radius 3 is 2.85 bits per heavy atom. The van der Waals surface area contributed by atoms with Gasteiger partial charge in [-0.05, 0) is 6.92 Å². The van der Waals surface area contributed by atoms with Gasteiger partial charge in [0.05, 0.1) is 5.69 Å². The van der Waals surface area contributed by atoms with Crippen LogP contribution in [0.25, 0.3) is 11.2 Å². The molecule has 0 aromatic carbocycles. The number of nitrogens with one attached hydrogen (secondary N) is 1. The van der Waals surface area contributed by atoms with Crippen molar-refractivity contribution in [2.24, 2.45) is 12.9 Å². The lowest BCUT2D eigenvalue weighted by Gasteiger charge is -1.94. The van der Waals surface area contributed by atoms with Crippen LogP contribution in [-0.4, -0.2) is 25.0 Å². The molecule has 0 aliphatic carbocycles. The van der Waals surface area contributed by atoms with Crippen LogP contribution in [0, 0.1) is 6.92 Å². The summed E-state index contributed by atoms with van der Waals surface area (Å²) < 4.78 is 1.70. The fourth-order valence-corrected chi connectivity index (χ4v) is 1.06. The molecule has 0 saturated heterocycles. The minimum atomic E-state index is 0.295. The molecule has 2 heterocycles. The number of hydrogen-bond donors (Lipinski definition) is 2. The van der Waals surface area contributed by atoms with Crippen molar-refractivity contribution in [2.45, 2.75) is 6.92 Å². The van der Waals surface area contributed by atoms with Gasteiger partial charge in [-0.3, -0.25) is 10.1 Å². The van der Waals surface area contributed by atoms with E-state index in [1.807, 2.05) is 14.0 Å². The van der Waals surface area contributed by atoms with Gasteiger partial charge in [-0.25, -0.2) is 10.8 Å². The van der Waals surface area contributed by atoms with Gasteiger partial charge in [0.2, 0.25) is 5.65 Å². The summed E-state index contributed by atoms with van der Waals surface area (Å²) in [5.74, 6) is 5.45. The molecule has 0 bridgehead atoms. The molecule has 2 aromatic rings. The van der Waals surface area contributed by atoms with Crippen LogP contribution in [0.5, 0.6) is 0 Å². The van der Waals surface area contributed by atoms with E-state index in [-0.39, 0.29) is 0 Å². The second-order valence-corrected chi connectivity index (χ2v) is 2.66. The van der Waals surface area contributed by atoms with Crippen LogP contribution in [0.15, 0.2) is 0 Å². The standard InChI is InChI=1S/C6H9N7/c1-3-4-5(12-13(3)2)10-11-6(8-4)9-7/h7H2,1-2H3,(H,8,9). The third-order valence-corrected chi connectivity index (χ3v) is 1.87. The molecule has 0 aliphatic rings. The van der Waals surface area contributed by atoms with Gasteiger partial charge in [0.15, 0.2) is 0 Å². The predicted octanol–water partition coefficient (Wildman–Crippen LogP) is -0.648. The van der Waals surface area contributed by atoms with Crippen molar-refractivity contribution in [3.63, 3.8) is 0 Å². The molecule has 7 nitrogen and oxygen atoms in total. The van der Waals surface area contributed by atoms with E-state index in [0.717, 1.165) is 5.69 Å². The van der Waals surface area contributed by atoms with E-state index in [2.05, 4.69) is 25.7 Å². The molecule has 0 fully saturated rings. The highest BCUT2D eigenvalue weighted by Gasteiger charge is 2.08. The third kappa shape index (κ3) is 1.09. The second-order valence-electron chi connectivity index (χ2n) is 2.66. The molecule has 0 saturated carbocycles. The number of fused-ring (bicyclic) bond motifs is 1. The highest BCUT2D eigenvalue weighted by atomic mass is 15.4. The average molecular weight is 179 g/mol. The first-order chi connectivity index (χ1) is 6.22. The van der Waals surface area contributed by atoms with Gasteiger partial charge in [-0.15, -0.1) is 15.3 Å². The summed E-state index contributed by atoms with van der Waals surface area (Å²) in [6.07, 6.45) is 0. The highest BCUT2D eigenvalue weighted by Crippen LogP contribution is 2.11. The quantitative estimate of drug-likeness (QED) is 0.446. The Labute approximate surface area is 73.9 Å². The summed E-state index contributed by atoms with van der Waals surface area (Å²) >= 11 is 0. The van der Waals surface area contributed by atoms with Gasteiger partial charge in [0.1, 0.15) is 5.52 Å². The minimum Gasteiger partial charge on any atom is -0.291 e. The van der Waals surface area contributed by atoms with Gasteiger partial charge in [-0.1, -0.05) is 0 Å². The summed E-state index contributed by atoms with van der Waals surface area (Å²) in [6, 6.07) is 0. The topological polar surface area (TPSA) is 94.5 Å². The van der Waals surface area contributed by atoms with Gasteiger partial charge in [0.25, 0.3) is 5.95 Å². The molecule has 2 rings (SSSR count). The maximum atomic E-state index is 5.16. The number of nitrogens with zero attached hydrogens (tertiary/aromatic N) is 5. The van der Waals surface area contributed by atoms with Crippen LogP contribution in [0.4, 0.5) is 5.95 Å². The normalized spacial score (nSPS) is 10.7. The first-order valence-electron chi connectivity index (χ1n) is 3.73. The van der Waals surface area contributed by atoms with E-state index < -0.39 is 0 Å². The van der Waals surface area contributed by atoms with Crippen molar-refractivity contribution in [1.82, 2.24) is 25.0 Å². The van der Waals surface area contributed by atoms with Crippen LogP contribution in [0.3, 0.4) is 0 Å². The number of nitrogen functional groups attached to an aromatic ring is 1. The van der Waals surface area contributed by atoms with Crippen LogP contribution in [0.1, 0.15) is 5.69 Å². The van der Waals surface area contributed by atoms with Gasteiger partial charge in [-0.2, -0.15) is 0 Å². The zero-order valence-corrected chi connectivity index (χ0v) is 7.31. The molecule has 0 radical (unpaired) electrons. The summed E-state index contributed by atoms with van der Waals surface area (Å²) in [5, 5.41) is 11.7. The highest BCUT2D eigenvalue weighted by molar-refractivity contribution is 5.73. The second kappa shape index (κ2) is 2.63. The third-order valence-electron chi connectivity index (χ3n) is 1.87. The lowest BCUT2D eigenvalue weighted by atomic mass is 10.4. The van der Waals surface area contributed by atoms with Crippen molar-refractivity contribution in [1.29, 1.82) is 0 Å². The number of nitrogens with two attached hydrogens (primary N) is 1. The number of hydrogen-bond acceptors (Lipinski definition) is 6. The van der Waals surface area contributed by atoms with Crippen molar-refractivity contribution in [3.8, 4) is 0 Å². The molecular formula is C6H9N7. The first kappa shape index (κ1) is 7.87. The molecule has 0 atom stereocenters. The van der Waals surface area contributed by atoms with Crippen LogP contribution < -0.4 is 11.3 Å². The Morgan fingerprint density at radius 1 is 1.38 bits per heavy atom. The summed E-state index contributed by atoms with van der Waals surface area (Å²) in [6.45, 7) is 1.91. The van der Waals surface area contributed by atoms with Crippen LogP contribution in [0.2, 0.25) is 0 Å². The van der Waals surface area contributed by atoms with Crippen molar-refractivity contribution in [2.75, 3.05) is 5.43 Å². The van der Waals surface area contributed by atoms with Gasteiger partial charge < -0.3 is 0 Å². The summed E-state index contributed by atoms with van der Waals surface area (Å²) in [7, 11) is 1.83. The molecule has 2 aromatic heterocycles. The number of anilines is 1. The predicted molar refractivity (Wildman–Crippen MR) is 46.6 cm³/mol. The lowest BCUT2D eigenvalue weighted by Crippen LogP contribution is -2.11. The van der Waals surface area contributed by atoms with E-state index >= 15 is 0 Å². The first-order valence-corrected chi connectivity index (χ1v) is 3.73. The fraction of sp³-hybridized carbons (Fsp3) is 0.333. The molecule has 0 unspecified atom stereocenters. The van der Waals surface area contributed by atoms with E-state index in [9.17, 15) is 0 Å². The molecule has 3 N–H and O–H groups in total. The average Bonchev–Trinajstić information content (AvgIpc) is 2.43. The molecule has 0 aliphatic heterocycles. The van der Waals surface area contributed by atoms with E-state index in [4.69, 9.17) is 5.84 Å². The Balaban J connectivity index is 2.75. The van der Waals surface area contributed by atoms with Crippen molar-refractivity contribution >= 4 is 17.1 Å². The lowest BCUT2D eigenvalue weighted by molar-refractivity contribution is 0.746. The van der Waals surface area contributed by atoms with E-state index in [1.165, 1.54) is 0 Å². The van der Waals surface area contributed by atoms with Gasteiger partial charge >= 0.3 is 0 Å². The maximum Gasteiger partial charge on any atom is 0.257 e. The van der Waals surface area contributed by atoms with E-state index in [1.54, 1.807) is 4.68 Å². The Morgan fingerprint density at radius 2 is 2.15 bits per heavy atom. The smallest absolute Gasteiger partial charge is 0.257 e. The Bertz CT molecular complexity index is 445. The Kier molecular flexibility index (Phi) is 1.59. The largest absolute Gasteiger partial charge is 0.291 e. The number of hydrazine groups is 1. The van der Waals surface area contributed by atoms with Crippen LogP contribution >= 0.6 is 0 Å².